The van der Waals surface area contributed by atoms with E-state index in [9.17, 15) is 4.79 Å². The van der Waals surface area contributed by atoms with Gasteiger partial charge in [0, 0.05) is 9.35 Å². The van der Waals surface area contributed by atoms with Crippen molar-refractivity contribution >= 4 is 38.9 Å². The summed E-state index contributed by atoms with van der Waals surface area (Å²) in [6.07, 6.45) is 0. The zero-order valence-electron chi connectivity index (χ0n) is 11.6. The fourth-order valence-corrected chi connectivity index (χ4v) is 3.81. The van der Waals surface area contributed by atoms with Gasteiger partial charge in [0.15, 0.2) is 0 Å². The number of anilines is 1. The summed E-state index contributed by atoms with van der Waals surface area (Å²) >= 11 is 4.86. The highest BCUT2D eigenvalue weighted by Crippen LogP contribution is 2.43. The van der Waals surface area contributed by atoms with Crippen molar-refractivity contribution in [2.24, 2.45) is 0 Å². The molecular weight excluding hydrogens is 338 g/mol. The Kier molecular flexibility index (Phi) is 4.50. The second-order valence-corrected chi connectivity index (χ2v) is 6.68. The van der Waals surface area contributed by atoms with Gasteiger partial charge in [-0.15, -0.1) is 11.3 Å². The first-order chi connectivity index (χ1) is 9.45. The van der Waals surface area contributed by atoms with Crippen LogP contribution in [0.1, 0.15) is 35.0 Å². The number of esters is 1. The molecule has 20 heavy (non-hydrogen) atoms. The molecule has 0 aliphatic heterocycles. The summed E-state index contributed by atoms with van der Waals surface area (Å²) in [6, 6.07) is 7.98. The third-order valence-corrected chi connectivity index (χ3v) is 4.76. The second-order valence-electron chi connectivity index (χ2n) is 4.74. The Labute approximate surface area is 130 Å². The molecule has 0 aliphatic carbocycles. The molecule has 2 N–H and O–H groups in total. The van der Waals surface area contributed by atoms with Crippen LogP contribution in [0.3, 0.4) is 0 Å². The predicted octanol–water partition coefficient (Wildman–Crippen LogP) is 4.67. The average Bonchev–Trinajstić information content (AvgIpc) is 2.75. The van der Waals surface area contributed by atoms with Gasteiger partial charge in [-0.25, -0.2) is 4.79 Å². The minimum absolute atomic E-state index is 0.235. The number of thiophene rings is 1. The first-order valence-electron chi connectivity index (χ1n) is 6.22. The summed E-state index contributed by atoms with van der Waals surface area (Å²) in [5.74, 6) is -0.144. The minimum Gasteiger partial charge on any atom is -0.465 e. The summed E-state index contributed by atoms with van der Waals surface area (Å²) in [7, 11) is 1.37. The van der Waals surface area contributed by atoms with Gasteiger partial charge in [-0.05, 0) is 29.2 Å². The van der Waals surface area contributed by atoms with E-state index in [0.29, 0.717) is 10.6 Å². The van der Waals surface area contributed by atoms with Crippen molar-refractivity contribution in [1.82, 2.24) is 0 Å². The van der Waals surface area contributed by atoms with Crippen molar-refractivity contribution in [2.75, 3.05) is 12.8 Å². The van der Waals surface area contributed by atoms with E-state index in [1.54, 1.807) is 0 Å². The van der Waals surface area contributed by atoms with Gasteiger partial charge in [0.2, 0.25) is 0 Å². The number of nitrogen functional groups attached to an aromatic ring is 1. The fourth-order valence-electron chi connectivity index (χ4n) is 2.12. The molecule has 0 radical (unpaired) electrons. The Hall–Kier alpha value is -1.33. The summed E-state index contributed by atoms with van der Waals surface area (Å²) in [5.41, 5.74) is 8.75. The van der Waals surface area contributed by atoms with Crippen molar-refractivity contribution in [3.05, 3.63) is 39.2 Å². The SMILES string of the molecule is COC(=O)c1sc(-c2cccc(Br)c2)c(C(C)C)c1N. The summed E-state index contributed by atoms with van der Waals surface area (Å²) in [5, 5.41) is 0. The van der Waals surface area contributed by atoms with Crippen molar-refractivity contribution < 1.29 is 9.53 Å². The van der Waals surface area contributed by atoms with Crippen LogP contribution in [-0.2, 0) is 4.74 Å². The quantitative estimate of drug-likeness (QED) is 0.815. The molecule has 3 nitrogen and oxygen atoms in total. The highest BCUT2D eigenvalue weighted by atomic mass is 79.9. The maximum Gasteiger partial charge on any atom is 0.350 e. The Morgan fingerprint density at radius 2 is 2.10 bits per heavy atom. The lowest BCUT2D eigenvalue weighted by atomic mass is 9.98. The summed E-state index contributed by atoms with van der Waals surface area (Å²) in [6.45, 7) is 4.14. The molecule has 0 unspecified atom stereocenters. The zero-order chi connectivity index (χ0) is 14.9. The standard InChI is InChI=1S/C15H16BrNO2S/c1-8(2)11-12(17)14(15(18)19-3)20-13(11)9-5-4-6-10(16)7-9/h4-8H,17H2,1-3H3. The molecule has 106 valence electrons. The van der Waals surface area contributed by atoms with Crippen LogP contribution >= 0.6 is 27.3 Å². The molecule has 0 fully saturated rings. The van der Waals surface area contributed by atoms with E-state index in [-0.39, 0.29) is 11.9 Å². The van der Waals surface area contributed by atoms with Crippen LogP contribution < -0.4 is 5.73 Å². The highest BCUT2D eigenvalue weighted by molar-refractivity contribution is 9.10. The zero-order valence-corrected chi connectivity index (χ0v) is 14.0. The number of rotatable bonds is 3. The van der Waals surface area contributed by atoms with E-state index < -0.39 is 0 Å². The topological polar surface area (TPSA) is 52.3 Å². The van der Waals surface area contributed by atoms with Gasteiger partial charge >= 0.3 is 5.97 Å². The van der Waals surface area contributed by atoms with Gasteiger partial charge in [-0.3, -0.25) is 0 Å². The maximum absolute atomic E-state index is 11.8. The highest BCUT2D eigenvalue weighted by Gasteiger charge is 2.24. The molecule has 2 rings (SSSR count). The molecule has 0 saturated heterocycles. The number of hydrogen-bond acceptors (Lipinski definition) is 4. The van der Waals surface area contributed by atoms with Gasteiger partial charge in [0.1, 0.15) is 4.88 Å². The predicted molar refractivity (Wildman–Crippen MR) is 87.3 cm³/mol. The molecule has 0 spiro atoms. The van der Waals surface area contributed by atoms with Crippen molar-refractivity contribution in [2.45, 2.75) is 19.8 Å². The number of ether oxygens (including phenoxy) is 1. The van der Waals surface area contributed by atoms with Crippen molar-refractivity contribution in [3.63, 3.8) is 0 Å². The van der Waals surface area contributed by atoms with Crippen LogP contribution in [0.5, 0.6) is 0 Å². The van der Waals surface area contributed by atoms with Crippen LogP contribution in [0.25, 0.3) is 10.4 Å². The molecule has 0 bridgehead atoms. The van der Waals surface area contributed by atoms with E-state index in [1.807, 2.05) is 24.3 Å². The molecule has 2 aromatic rings. The number of nitrogens with two attached hydrogens (primary N) is 1. The van der Waals surface area contributed by atoms with Crippen LogP contribution in [0, 0.1) is 0 Å². The Balaban J connectivity index is 2.66. The molecule has 0 saturated carbocycles. The molecule has 1 aromatic carbocycles. The number of hydrogen-bond donors (Lipinski definition) is 1. The van der Waals surface area contributed by atoms with Gasteiger partial charge in [0.05, 0.1) is 12.8 Å². The third-order valence-electron chi connectivity index (χ3n) is 3.02. The number of carbonyl (C=O) groups is 1. The normalized spacial score (nSPS) is 10.8. The molecular formula is C15H16BrNO2S. The van der Waals surface area contributed by atoms with Crippen LogP contribution in [-0.4, -0.2) is 13.1 Å². The van der Waals surface area contributed by atoms with Gasteiger partial charge < -0.3 is 10.5 Å². The van der Waals surface area contributed by atoms with Crippen LogP contribution in [0.15, 0.2) is 28.7 Å². The van der Waals surface area contributed by atoms with E-state index in [1.165, 1.54) is 18.4 Å². The molecule has 0 aliphatic rings. The molecule has 0 atom stereocenters. The largest absolute Gasteiger partial charge is 0.465 e. The van der Waals surface area contributed by atoms with Gasteiger partial charge in [-0.1, -0.05) is 41.9 Å². The minimum atomic E-state index is -0.379. The number of carbonyl (C=O) groups excluding carboxylic acids is 1. The van der Waals surface area contributed by atoms with E-state index in [0.717, 1.165) is 20.5 Å². The molecule has 5 heteroatoms. The lowest BCUT2D eigenvalue weighted by Crippen LogP contribution is -2.03. The monoisotopic (exact) mass is 353 g/mol. The Morgan fingerprint density at radius 3 is 2.65 bits per heavy atom. The number of methoxy groups -OCH3 is 1. The van der Waals surface area contributed by atoms with Gasteiger partial charge in [-0.2, -0.15) is 0 Å². The number of benzene rings is 1. The first-order valence-corrected chi connectivity index (χ1v) is 7.83. The molecule has 0 amide bonds. The lowest BCUT2D eigenvalue weighted by molar-refractivity contribution is 0.0607. The lowest BCUT2D eigenvalue weighted by Gasteiger charge is -2.09. The summed E-state index contributed by atoms with van der Waals surface area (Å²) in [4.78, 5) is 13.3. The van der Waals surface area contributed by atoms with Crippen molar-refractivity contribution in [1.29, 1.82) is 0 Å². The van der Waals surface area contributed by atoms with Crippen molar-refractivity contribution in [3.8, 4) is 10.4 Å². The molecule has 1 heterocycles. The molecule has 1 aromatic heterocycles. The fraction of sp³-hybridized carbons (Fsp3) is 0.267. The van der Waals surface area contributed by atoms with Gasteiger partial charge in [0.25, 0.3) is 0 Å². The van der Waals surface area contributed by atoms with E-state index >= 15 is 0 Å². The average molecular weight is 354 g/mol. The second kappa shape index (κ2) is 5.97. The Morgan fingerprint density at radius 1 is 1.40 bits per heavy atom. The van der Waals surface area contributed by atoms with Crippen LogP contribution in [0.4, 0.5) is 5.69 Å². The summed E-state index contributed by atoms with van der Waals surface area (Å²) < 4.78 is 5.80. The third kappa shape index (κ3) is 2.74. The van der Waals surface area contributed by atoms with E-state index in [2.05, 4.69) is 29.8 Å². The smallest absolute Gasteiger partial charge is 0.350 e. The van der Waals surface area contributed by atoms with Crippen LogP contribution in [0.2, 0.25) is 0 Å². The number of halogens is 1. The first kappa shape index (κ1) is 15.1. The van der Waals surface area contributed by atoms with E-state index in [4.69, 9.17) is 10.5 Å². The maximum atomic E-state index is 11.8. The Bertz CT molecular complexity index is 649.